The maximum Gasteiger partial charge on any atom is 0.354 e. The lowest BCUT2D eigenvalue weighted by molar-refractivity contribution is 0.0690. The molecule has 0 bridgehead atoms. The molecule has 1 atom stereocenters. The predicted molar refractivity (Wildman–Crippen MR) is 79.0 cm³/mol. The van der Waals surface area contributed by atoms with Crippen LogP contribution in [0.1, 0.15) is 23.3 Å². The van der Waals surface area contributed by atoms with Gasteiger partial charge in [-0.2, -0.15) is 0 Å². The van der Waals surface area contributed by atoms with Gasteiger partial charge in [0.15, 0.2) is 5.69 Å². The van der Waals surface area contributed by atoms with E-state index >= 15 is 0 Å². The Bertz CT molecular complexity index is 630. The van der Waals surface area contributed by atoms with E-state index in [1.165, 1.54) is 24.5 Å². The Hall–Kier alpha value is -1.67. The second kappa shape index (κ2) is 5.98. The molecule has 2 heterocycles. The highest BCUT2D eigenvalue weighted by molar-refractivity contribution is 7.89. The molecule has 0 spiro atoms. The van der Waals surface area contributed by atoms with Crippen molar-refractivity contribution in [3.05, 3.63) is 23.9 Å². The predicted octanol–water partition coefficient (Wildman–Crippen LogP) is 0.640. The van der Waals surface area contributed by atoms with Gasteiger partial charge in [0.05, 0.1) is 5.25 Å². The number of piperidine rings is 1. The third kappa shape index (κ3) is 3.33. The second-order valence-electron chi connectivity index (χ2n) is 5.22. The van der Waals surface area contributed by atoms with Crippen LogP contribution in [0.15, 0.2) is 18.2 Å². The number of rotatable bonds is 4. The highest BCUT2D eigenvalue weighted by Gasteiger charge is 2.32. The summed E-state index contributed by atoms with van der Waals surface area (Å²) in [6.45, 7) is 1.01. The fourth-order valence-electron chi connectivity index (χ4n) is 2.41. The number of carbonyl (C=O) groups is 1. The highest BCUT2D eigenvalue weighted by Crippen LogP contribution is 2.23. The summed E-state index contributed by atoms with van der Waals surface area (Å²) in [5, 5.41) is 8.49. The minimum atomic E-state index is -3.32. The van der Waals surface area contributed by atoms with E-state index in [0.29, 0.717) is 25.3 Å². The lowest BCUT2D eigenvalue weighted by Crippen LogP contribution is -2.46. The molecule has 1 aromatic heterocycles. The molecule has 7 nitrogen and oxygen atoms in total. The Labute approximate surface area is 124 Å². The lowest BCUT2D eigenvalue weighted by Gasteiger charge is -2.34. The molecule has 1 aromatic rings. The summed E-state index contributed by atoms with van der Waals surface area (Å²) in [7, 11) is -0.269. The molecule has 21 heavy (non-hydrogen) atoms. The van der Waals surface area contributed by atoms with E-state index in [1.807, 2.05) is 4.90 Å². The first-order valence-electron chi connectivity index (χ1n) is 6.69. The molecule has 8 heteroatoms. The minimum absolute atomic E-state index is 0.0370. The van der Waals surface area contributed by atoms with Gasteiger partial charge >= 0.3 is 5.97 Å². The topological polar surface area (TPSA) is 90.8 Å². The van der Waals surface area contributed by atoms with Gasteiger partial charge in [-0.05, 0) is 25.0 Å². The Kier molecular flexibility index (Phi) is 4.48. The fourth-order valence-corrected chi connectivity index (χ4v) is 3.84. The summed E-state index contributed by atoms with van der Waals surface area (Å²) in [6, 6.07) is 4.75. The van der Waals surface area contributed by atoms with Crippen LogP contribution < -0.4 is 4.90 Å². The van der Waals surface area contributed by atoms with Gasteiger partial charge in [0.25, 0.3) is 0 Å². The Balaban J connectivity index is 2.22. The molecule has 1 saturated heterocycles. The largest absolute Gasteiger partial charge is 0.477 e. The van der Waals surface area contributed by atoms with Crippen molar-refractivity contribution < 1.29 is 18.3 Å². The van der Waals surface area contributed by atoms with Crippen LogP contribution in [-0.4, -0.2) is 61.2 Å². The van der Waals surface area contributed by atoms with Gasteiger partial charge in [0.1, 0.15) is 5.82 Å². The van der Waals surface area contributed by atoms with Crippen LogP contribution in [0.3, 0.4) is 0 Å². The molecule has 0 aliphatic carbocycles. The van der Waals surface area contributed by atoms with Gasteiger partial charge in [-0.15, -0.1) is 0 Å². The van der Waals surface area contributed by atoms with E-state index in [0.717, 1.165) is 6.42 Å². The monoisotopic (exact) mass is 313 g/mol. The van der Waals surface area contributed by atoms with Crippen molar-refractivity contribution in [2.24, 2.45) is 0 Å². The van der Waals surface area contributed by atoms with Crippen LogP contribution in [0.25, 0.3) is 0 Å². The molecule has 0 radical (unpaired) electrons. The first-order chi connectivity index (χ1) is 9.82. The summed E-state index contributed by atoms with van der Waals surface area (Å²) in [4.78, 5) is 16.9. The molecule has 1 N–H and O–H groups in total. The van der Waals surface area contributed by atoms with Crippen molar-refractivity contribution >= 4 is 21.8 Å². The third-order valence-electron chi connectivity index (χ3n) is 3.59. The van der Waals surface area contributed by atoms with Gasteiger partial charge in [0, 0.05) is 27.2 Å². The third-order valence-corrected chi connectivity index (χ3v) is 5.83. The van der Waals surface area contributed by atoms with E-state index in [2.05, 4.69) is 4.98 Å². The molecule has 0 amide bonds. The van der Waals surface area contributed by atoms with Crippen molar-refractivity contribution in [3.63, 3.8) is 0 Å². The lowest BCUT2D eigenvalue weighted by atomic mass is 10.1. The zero-order valence-corrected chi connectivity index (χ0v) is 12.9. The molecule has 1 fully saturated rings. The number of sulfonamides is 1. The Morgan fingerprint density at radius 3 is 2.76 bits per heavy atom. The van der Waals surface area contributed by atoms with Crippen LogP contribution in [0.5, 0.6) is 0 Å². The zero-order valence-electron chi connectivity index (χ0n) is 12.1. The van der Waals surface area contributed by atoms with E-state index < -0.39 is 21.2 Å². The molecule has 0 saturated carbocycles. The molecular formula is C13H19N3O4S. The minimum Gasteiger partial charge on any atom is -0.477 e. The molecule has 1 aliphatic heterocycles. The summed E-state index contributed by atoms with van der Waals surface area (Å²) in [6.07, 6.45) is 1.34. The number of nitrogens with zero attached hydrogens (tertiary/aromatic N) is 3. The molecule has 1 unspecified atom stereocenters. The summed E-state index contributed by atoms with van der Waals surface area (Å²) < 4.78 is 25.7. The van der Waals surface area contributed by atoms with Crippen LogP contribution in [0.4, 0.5) is 5.82 Å². The van der Waals surface area contributed by atoms with Crippen molar-refractivity contribution in [2.45, 2.75) is 18.1 Å². The number of aromatic nitrogens is 1. The maximum absolute atomic E-state index is 12.2. The number of hydrogen-bond donors (Lipinski definition) is 1. The number of aromatic carboxylic acids is 1. The second-order valence-corrected chi connectivity index (χ2v) is 7.65. The molecular weight excluding hydrogens is 294 g/mol. The van der Waals surface area contributed by atoms with Crippen molar-refractivity contribution in [3.8, 4) is 0 Å². The van der Waals surface area contributed by atoms with Gasteiger partial charge in [-0.25, -0.2) is 22.5 Å². The normalized spacial score (nSPS) is 19.8. The van der Waals surface area contributed by atoms with Crippen LogP contribution in [-0.2, 0) is 10.0 Å². The number of hydrogen-bond acceptors (Lipinski definition) is 5. The van der Waals surface area contributed by atoms with E-state index in [-0.39, 0.29) is 5.69 Å². The zero-order chi connectivity index (χ0) is 15.6. The number of anilines is 1. The van der Waals surface area contributed by atoms with Gasteiger partial charge in [0.2, 0.25) is 10.0 Å². The standard InChI is InChI=1S/C13H19N3O4S/c1-15(2)21(19,20)10-5-4-8-16(9-10)12-7-3-6-11(14-12)13(17)18/h3,6-7,10H,4-5,8-9H2,1-2H3,(H,17,18). The number of carboxylic acids is 1. The Morgan fingerprint density at radius 1 is 1.43 bits per heavy atom. The average molecular weight is 313 g/mol. The van der Waals surface area contributed by atoms with Crippen molar-refractivity contribution in [1.82, 2.24) is 9.29 Å². The highest BCUT2D eigenvalue weighted by atomic mass is 32.2. The molecule has 1 aliphatic rings. The molecule has 116 valence electrons. The summed E-state index contributed by atoms with van der Waals surface area (Å²) in [5.41, 5.74) is -0.0370. The van der Waals surface area contributed by atoms with Crippen molar-refractivity contribution in [2.75, 3.05) is 32.1 Å². The van der Waals surface area contributed by atoms with Crippen LogP contribution in [0.2, 0.25) is 0 Å². The average Bonchev–Trinajstić information content (AvgIpc) is 2.47. The fraction of sp³-hybridized carbons (Fsp3) is 0.538. The van der Waals surface area contributed by atoms with E-state index in [4.69, 9.17) is 5.11 Å². The van der Waals surface area contributed by atoms with Gasteiger partial charge in [-0.1, -0.05) is 6.07 Å². The van der Waals surface area contributed by atoms with E-state index in [9.17, 15) is 13.2 Å². The SMILES string of the molecule is CN(C)S(=O)(=O)C1CCCN(c2cccc(C(=O)O)n2)C1. The van der Waals surface area contributed by atoms with Crippen LogP contribution >= 0.6 is 0 Å². The molecule has 0 aromatic carbocycles. The first kappa shape index (κ1) is 15.7. The number of pyridine rings is 1. The number of carboxylic acid groups (broad SMARTS) is 1. The summed E-state index contributed by atoms with van der Waals surface area (Å²) >= 11 is 0. The smallest absolute Gasteiger partial charge is 0.354 e. The quantitative estimate of drug-likeness (QED) is 0.877. The van der Waals surface area contributed by atoms with Gasteiger partial charge < -0.3 is 10.0 Å². The van der Waals surface area contributed by atoms with Crippen molar-refractivity contribution in [1.29, 1.82) is 0 Å². The first-order valence-corrected chi connectivity index (χ1v) is 8.19. The Morgan fingerprint density at radius 2 is 2.14 bits per heavy atom. The molecule has 2 rings (SSSR count). The maximum atomic E-state index is 12.2. The van der Waals surface area contributed by atoms with Crippen LogP contribution in [0, 0.1) is 0 Å². The van der Waals surface area contributed by atoms with E-state index in [1.54, 1.807) is 12.1 Å². The summed E-state index contributed by atoms with van der Waals surface area (Å²) in [5.74, 6) is -0.583. The van der Waals surface area contributed by atoms with Gasteiger partial charge in [-0.3, -0.25) is 0 Å².